The molecule has 0 radical (unpaired) electrons. The van der Waals surface area contributed by atoms with Crippen LogP contribution in [0.2, 0.25) is 0 Å². The smallest absolute Gasteiger partial charge is 0.317 e. The van der Waals surface area contributed by atoms with Crippen LogP contribution in [-0.4, -0.2) is 47.1 Å². The number of hydrogen-bond acceptors (Lipinski definition) is 3. The standard InChI is InChI=1S/C16H30N2O3/c1-5-18(11-15(20)21)13-9-12(10-13)17-14(19)7-6-8-16(2,3)4/h12-13H,5-11H2,1-4H3,(H,17,19)(H,20,21). The van der Waals surface area contributed by atoms with Crippen LogP contribution in [0.15, 0.2) is 0 Å². The second-order valence-electron chi connectivity index (χ2n) is 7.26. The van der Waals surface area contributed by atoms with E-state index in [0.717, 1.165) is 32.2 Å². The van der Waals surface area contributed by atoms with Crippen LogP contribution in [0.3, 0.4) is 0 Å². The number of carbonyl (C=O) groups excluding carboxylic acids is 1. The Kier molecular flexibility index (Phi) is 6.65. The fourth-order valence-corrected chi connectivity index (χ4v) is 2.76. The Morgan fingerprint density at radius 3 is 2.38 bits per heavy atom. The number of aliphatic carboxylic acids is 1. The third-order valence-electron chi connectivity index (χ3n) is 4.07. The average molecular weight is 298 g/mol. The van der Waals surface area contributed by atoms with Crippen LogP contribution in [0.25, 0.3) is 0 Å². The topological polar surface area (TPSA) is 69.6 Å². The molecule has 0 aromatic heterocycles. The van der Waals surface area contributed by atoms with Gasteiger partial charge >= 0.3 is 5.97 Å². The van der Waals surface area contributed by atoms with Crippen molar-refractivity contribution in [1.82, 2.24) is 10.2 Å². The molecule has 5 nitrogen and oxygen atoms in total. The minimum absolute atomic E-state index is 0.0907. The van der Waals surface area contributed by atoms with Crippen molar-refractivity contribution in [3.63, 3.8) is 0 Å². The van der Waals surface area contributed by atoms with Gasteiger partial charge in [-0.3, -0.25) is 14.5 Å². The Bertz CT molecular complexity index is 357. The summed E-state index contributed by atoms with van der Waals surface area (Å²) < 4.78 is 0. The molecule has 0 bridgehead atoms. The van der Waals surface area contributed by atoms with Gasteiger partial charge < -0.3 is 10.4 Å². The molecule has 1 aliphatic rings. The summed E-state index contributed by atoms with van der Waals surface area (Å²) in [5.74, 6) is -0.657. The first-order chi connectivity index (χ1) is 9.71. The minimum atomic E-state index is -0.786. The summed E-state index contributed by atoms with van der Waals surface area (Å²) in [5.41, 5.74) is 0.278. The molecule has 21 heavy (non-hydrogen) atoms. The van der Waals surface area contributed by atoms with Gasteiger partial charge in [0, 0.05) is 18.5 Å². The van der Waals surface area contributed by atoms with Crippen LogP contribution in [-0.2, 0) is 9.59 Å². The quantitative estimate of drug-likeness (QED) is 0.721. The fraction of sp³-hybridized carbons (Fsp3) is 0.875. The van der Waals surface area contributed by atoms with Crippen molar-refractivity contribution in [3.05, 3.63) is 0 Å². The lowest BCUT2D eigenvalue weighted by Gasteiger charge is -2.42. The molecule has 1 fully saturated rings. The van der Waals surface area contributed by atoms with Crippen molar-refractivity contribution in [2.75, 3.05) is 13.1 Å². The molecule has 5 heteroatoms. The molecule has 0 spiro atoms. The Balaban J connectivity index is 2.19. The van der Waals surface area contributed by atoms with Gasteiger partial charge in [-0.2, -0.15) is 0 Å². The molecule has 0 heterocycles. The first-order valence-corrected chi connectivity index (χ1v) is 7.96. The number of likely N-dealkylation sites (N-methyl/N-ethyl adjacent to an activating group) is 1. The Morgan fingerprint density at radius 2 is 1.90 bits per heavy atom. The maximum atomic E-state index is 11.8. The third kappa shape index (κ3) is 6.93. The zero-order valence-electron chi connectivity index (χ0n) is 13.8. The van der Waals surface area contributed by atoms with Crippen LogP contribution in [0, 0.1) is 5.41 Å². The maximum Gasteiger partial charge on any atom is 0.317 e. The van der Waals surface area contributed by atoms with Crippen molar-refractivity contribution in [1.29, 1.82) is 0 Å². The number of carboxylic acid groups (broad SMARTS) is 1. The average Bonchev–Trinajstić information content (AvgIpc) is 2.28. The first-order valence-electron chi connectivity index (χ1n) is 7.96. The summed E-state index contributed by atoms with van der Waals surface area (Å²) in [6.45, 7) is 9.35. The molecule has 122 valence electrons. The molecular weight excluding hydrogens is 268 g/mol. The highest BCUT2D eigenvalue weighted by molar-refractivity contribution is 5.76. The zero-order chi connectivity index (χ0) is 16.0. The SMILES string of the molecule is CCN(CC(=O)O)C1CC(NC(=O)CCCC(C)(C)C)C1. The normalized spacial score (nSPS) is 22.0. The Labute approximate surface area is 128 Å². The van der Waals surface area contributed by atoms with Gasteiger partial charge in [0.25, 0.3) is 0 Å². The van der Waals surface area contributed by atoms with E-state index >= 15 is 0 Å². The van der Waals surface area contributed by atoms with Gasteiger partial charge in [-0.05, 0) is 37.6 Å². The summed E-state index contributed by atoms with van der Waals surface area (Å²) in [7, 11) is 0. The number of carboxylic acids is 1. The van der Waals surface area contributed by atoms with Gasteiger partial charge in [-0.25, -0.2) is 0 Å². The highest BCUT2D eigenvalue weighted by Gasteiger charge is 2.34. The molecule has 0 aromatic carbocycles. The predicted molar refractivity (Wildman–Crippen MR) is 83.1 cm³/mol. The van der Waals surface area contributed by atoms with E-state index in [9.17, 15) is 9.59 Å². The van der Waals surface area contributed by atoms with Crippen molar-refractivity contribution >= 4 is 11.9 Å². The van der Waals surface area contributed by atoms with Crippen LogP contribution < -0.4 is 5.32 Å². The number of nitrogens with one attached hydrogen (secondary N) is 1. The summed E-state index contributed by atoms with van der Waals surface area (Å²) in [6.07, 6.45) is 4.30. The predicted octanol–water partition coefficient (Wildman–Crippen LogP) is 2.26. The number of carbonyl (C=O) groups is 2. The summed E-state index contributed by atoms with van der Waals surface area (Å²) in [5, 5.41) is 11.9. The van der Waals surface area contributed by atoms with Crippen molar-refractivity contribution in [2.45, 2.75) is 71.9 Å². The highest BCUT2D eigenvalue weighted by atomic mass is 16.4. The van der Waals surface area contributed by atoms with E-state index in [2.05, 4.69) is 26.1 Å². The van der Waals surface area contributed by atoms with E-state index in [4.69, 9.17) is 5.11 Å². The van der Waals surface area contributed by atoms with Crippen LogP contribution >= 0.6 is 0 Å². The second-order valence-corrected chi connectivity index (χ2v) is 7.26. The minimum Gasteiger partial charge on any atom is -0.480 e. The molecule has 0 unspecified atom stereocenters. The van der Waals surface area contributed by atoms with Gasteiger partial charge in [0.2, 0.25) is 5.91 Å². The molecule has 1 aliphatic carbocycles. The number of hydrogen-bond donors (Lipinski definition) is 2. The molecule has 1 amide bonds. The molecular formula is C16H30N2O3. The van der Waals surface area contributed by atoms with E-state index in [1.807, 2.05) is 11.8 Å². The summed E-state index contributed by atoms with van der Waals surface area (Å²) in [6, 6.07) is 0.519. The highest BCUT2D eigenvalue weighted by Crippen LogP contribution is 2.26. The lowest BCUT2D eigenvalue weighted by molar-refractivity contribution is -0.139. The maximum absolute atomic E-state index is 11.8. The van der Waals surface area contributed by atoms with Crippen LogP contribution in [0.5, 0.6) is 0 Å². The van der Waals surface area contributed by atoms with E-state index in [1.165, 1.54) is 0 Å². The van der Waals surface area contributed by atoms with E-state index in [-0.39, 0.29) is 23.9 Å². The van der Waals surface area contributed by atoms with Crippen LogP contribution in [0.1, 0.15) is 59.8 Å². The summed E-state index contributed by atoms with van der Waals surface area (Å²) >= 11 is 0. The van der Waals surface area contributed by atoms with E-state index in [0.29, 0.717) is 12.5 Å². The third-order valence-corrected chi connectivity index (χ3v) is 4.07. The van der Waals surface area contributed by atoms with Gasteiger partial charge in [-0.15, -0.1) is 0 Å². The lowest BCUT2D eigenvalue weighted by Crippen LogP contribution is -2.54. The van der Waals surface area contributed by atoms with E-state index in [1.54, 1.807) is 0 Å². The van der Waals surface area contributed by atoms with Crippen molar-refractivity contribution in [2.24, 2.45) is 5.41 Å². The van der Waals surface area contributed by atoms with Crippen molar-refractivity contribution < 1.29 is 14.7 Å². The largest absolute Gasteiger partial charge is 0.480 e. The summed E-state index contributed by atoms with van der Waals surface area (Å²) in [4.78, 5) is 24.6. The lowest BCUT2D eigenvalue weighted by atomic mass is 9.85. The van der Waals surface area contributed by atoms with Crippen LogP contribution in [0.4, 0.5) is 0 Å². The second kappa shape index (κ2) is 7.78. The monoisotopic (exact) mass is 298 g/mol. The van der Waals surface area contributed by atoms with Gasteiger partial charge in [0.1, 0.15) is 0 Å². The molecule has 0 aliphatic heterocycles. The fourth-order valence-electron chi connectivity index (χ4n) is 2.76. The van der Waals surface area contributed by atoms with Gasteiger partial charge in [0.05, 0.1) is 6.54 Å². The zero-order valence-corrected chi connectivity index (χ0v) is 13.8. The number of nitrogens with zero attached hydrogens (tertiary/aromatic N) is 1. The number of rotatable bonds is 8. The molecule has 1 saturated carbocycles. The first kappa shape index (κ1) is 18.0. The molecule has 0 aromatic rings. The molecule has 2 N–H and O–H groups in total. The van der Waals surface area contributed by atoms with Gasteiger partial charge in [0.15, 0.2) is 0 Å². The molecule has 0 saturated heterocycles. The van der Waals surface area contributed by atoms with Crippen molar-refractivity contribution in [3.8, 4) is 0 Å². The van der Waals surface area contributed by atoms with Gasteiger partial charge in [-0.1, -0.05) is 27.7 Å². The number of amides is 1. The van der Waals surface area contributed by atoms with E-state index < -0.39 is 5.97 Å². The Morgan fingerprint density at radius 1 is 1.29 bits per heavy atom. The molecule has 1 rings (SSSR count). The Hall–Kier alpha value is -1.10. The molecule has 0 atom stereocenters.